The van der Waals surface area contributed by atoms with Crippen molar-refractivity contribution in [1.82, 2.24) is 5.32 Å². The van der Waals surface area contributed by atoms with Crippen LogP contribution in [0.4, 0.5) is 0 Å². The van der Waals surface area contributed by atoms with Gasteiger partial charge in [0.25, 0.3) is 0 Å². The highest BCUT2D eigenvalue weighted by atomic mass is 16.5. The summed E-state index contributed by atoms with van der Waals surface area (Å²) < 4.78 is 5.38. The zero-order valence-electron chi connectivity index (χ0n) is 7.73. The fourth-order valence-corrected chi connectivity index (χ4v) is 1.61. The summed E-state index contributed by atoms with van der Waals surface area (Å²) in [5, 5.41) is 21.0. The van der Waals surface area contributed by atoms with Crippen molar-refractivity contribution in [1.29, 1.82) is 0 Å². The van der Waals surface area contributed by atoms with Gasteiger partial charge in [0.2, 0.25) is 0 Å². The number of ether oxygens (including phenoxy) is 1. The average molecular weight is 195 g/mol. The second-order valence-electron chi connectivity index (χ2n) is 3.26. The predicted molar refractivity (Wildman–Crippen MR) is 51.4 cm³/mol. The molecule has 0 bridgehead atoms. The van der Waals surface area contributed by atoms with E-state index >= 15 is 0 Å². The molecule has 1 unspecified atom stereocenters. The van der Waals surface area contributed by atoms with Crippen molar-refractivity contribution in [3.63, 3.8) is 0 Å². The number of hydrogen-bond acceptors (Lipinski definition) is 4. The van der Waals surface area contributed by atoms with Crippen LogP contribution in [0.3, 0.4) is 0 Å². The lowest BCUT2D eigenvalue weighted by Crippen LogP contribution is -2.25. The maximum Gasteiger partial charge on any atom is 0.127 e. The lowest BCUT2D eigenvalue weighted by atomic mass is 10.1. The number of nitrogens with one attached hydrogen (secondary N) is 1. The van der Waals surface area contributed by atoms with Crippen LogP contribution in [0.5, 0.6) is 11.5 Å². The minimum atomic E-state index is 0.115. The molecule has 0 aliphatic carbocycles. The van der Waals surface area contributed by atoms with Crippen molar-refractivity contribution in [2.45, 2.75) is 6.04 Å². The summed E-state index contributed by atoms with van der Waals surface area (Å²) in [6.07, 6.45) is 0. The summed E-state index contributed by atoms with van der Waals surface area (Å²) >= 11 is 0. The molecule has 3 N–H and O–H groups in total. The summed E-state index contributed by atoms with van der Waals surface area (Å²) in [6, 6.07) is 5.21. The molecule has 0 saturated carbocycles. The molecule has 0 radical (unpaired) electrons. The van der Waals surface area contributed by atoms with E-state index in [2.05, 4.69) is 5.32 Å². The van der Waals surface area contributed by atoms with E-state index in [0.29, 0.717) is 13.2 Å². The highest BCUT2D eigenvalue weighted by Crippen LogP contribution is 2.34. The van der Waals surface area contributed by atoms with Gasteiger partial charge in [0.1, 0.15) is 18.1 Å². The van der Waals surface area contributed by atoms with Crippen LogP contribution < -0.4 is 10.1 Å². The number of aromatic hydroxyl groups is 1. The maximum atomic E-state index is 9.22. The Morgan fingerprint density at radius 1 is 1.50 bits per heavy atom. The van der Waals surface area contributed by atoms with Gasteiger partial charge < -0.3 is 20.3 Å². The van der Waals surface area contributed by atoms with Crippen LogP contribution in [0.1, 0.15) is 11.6 Å². The van der Waals surface area contributed by atoms with Crippen LogP contribution in [0, 0.1) is 0 Å². The first-order valence-electron chi connectivity index (χ1n) is 4.61. The van der Waals surface area contributed by atoms with Gasteiger partial charge in [-0.3, -0.25) is 0 Å². The number of phenols is 1. The van der Waals surface area contributed by atoms with Crippen molar-refractivity contribution in [2.24, 2.45) is 0 Å². The van der Waals surface area contributed by atoms with Crippen molar-refractivity contribution < 1.29 is 14.9 Å². The lowest BCUT2D eigenvalue weighted by molar-refractivity contribution is 0.266. The smallest absolute Gasteiger partial charge is 0.127 e. The van der Waals surface area contributed by atoms with Gasteiger partial charge in [-0.25, -0.2) is 0 Å². The van der Waals surface area contributed by atoms with Crippen LogP contribution in [0.25, 0.3) is 0 Å². The summed E-state index contributed by atoms with van der Waals surface area (Å²) in [7, 11) is 0. The Bertz CT molecular complexity index is 327. The number of aliphatic hydroxyl groups is 1. The standard InChI is InChI=1S/C10H13NO3/c12-4-3-11-9-6-14-10-5-7(13)1-2-8(9)10/h1-2,5,9,11-13H,3-4,6H2. The van der Waals surface area contributed by atoms with Crippen LogP contribution in [0.2, 0.25) is 0 Å². The van der Waals surface area contributed by atoms with E-state index in [9.17, 15) is 5.11 Å². The zero-order chi connectivity index (χ0) is 9.97. The molecule has 0 fully saturated rings. The largest absolute Gasteiger partial charge is 0.508 e. The number of fused-ring (bicyclic) bond motifs is 1. The third-order valence-electron chi connectivity index (χ3n) is 2.28. The summed E-state index contributed by atoms with van der Waals surface area (Å²) in [6.45, 7) is 1.22. The Kier molecular flexibility index (Phi) is 2.56. The fourth-order valence-electron chi connectivity index (χ4n) is 1.61. The summed E-state index contributed by atoms with van der Waals surface area (Å²) in [5.41, 5.74) is 1.04. The molecule has 1 aromatic rings. The molecule has 2 rings (SSSR count). The fraction of sp³-hybridized carbons (Fsp3) is 0.400. The van der Waals surface area contributed by atoms with Crippen molar-refractivity contribution in [2.75, 3.05) is 19.8 Å². The number of aliphatic hydroxyl groups excluding tert-OH is 1. The molecule has 4 nitrogen and oxygen atoms in total. The molecule has 0 aromatic heterocycles. The molecule has 4 heteroatoms. The van der Waals surface area contributed by atoms with Gasteiger partial charge >= 0.3 is 0 Å². The average Bonchev–Trinajstić information content (AvgIpc) is 2.57. The topological polar surface area (TPSA) is 61.7 Å². The van der Waals surface area contributed by atoms with Gasteiger partial charge in [-0.1, -0.05) is 0 Å². The number of rotatable bonds is 3. The molecule has 1 atom stereocenters. The lowest BCUT2D eigenvalue weighted by Gasteiger charge is -2.09. The Labute approximate surface area is 82.1 Å². The molecular weight excluding hydrogens is 182 g/mol. The minimum absolute atomic E-state index is 0.115. The van der Waals surface area contributed by atoms with Gasteiger partial charge in [-0.15, -0.1) is 0 Å². The molecule has 1 heterocycles. The third-order valence-corrected chi connectivity index (χ3v) is 2.28. The van der Waals surface area contributed by atoms with Crippen LogP contribution in [-0.4, -0.2) is 30.0 Å². The van der Waals surface area contributed by atoms with Gasteiger partial charge in [0.15, 0.2) is 0 Å². The molecular formula is C10H13NO3. The summed E-state index contributed by atoms with van der Waals surface area (Å²) in [4.78, 5) is 0. The zero-order valence-corrected chi connectivity index (χ0v) is 7.73. The Balaban J connectivity index is 2.14. The quantitative estimate of drug-likeness (QED) is 0.653. The highest BCUT2D eigenvalue weighted by Gasteiger charge is 2.23. The van der Waals surface area contributed by atoms with E-state index in [0.717, 1.165) is 11.3 Å². The number of hydrogen-bond donors (Lipinski definition) is 3. The Morgan fingerprint density at radius 2 is 2.36 bits per heavy atom. The molecule has 1 aliphatic heterocycles. The van der Waals surface area contributed by atoms with Gasteiger partial charge in [-0.05, 0) is 12.1 Å². The predicted octanol–water partition coefficient (Wildman–Crippen LogP) is 0.408. The second kappa shape index (κ2) is 3.86. The molecule has 76 valence electrons. The van der Waals surface area contributed by atoms with Crippen molar-refractivity contribution in [3.05, 3.63) is 23.8 Å². The molecule has 0 spiro atoms. The van der Waals surface area contributed by atoms with Crippen LogP contribution >= 0.6 is 0 Å². The van der Waals surface area contributed by atoms with Gasteiger partial charge in [0.05, 0.1) is 12.6 Å². The van der Waals surface area contributed by atoms with E-state index in [1.807, 2.05) is 6.07 Å². The first kappa shape index (κ1) is 9.30. The first-order valence-corrected chi connectivity index (χ1v) is 4.61. The third kappa shape index (κ3) is 1.66. The van der Waals surface area contributed by atoms with E-state index in [1.54, 1.807) is 12.1 Å². The van der Waals surface area contributed by atoms with E-state index in [4.69, 9.17) is 9.84 Å². The normalized spacial score (nSPS) is 19.1. The SMILES string of the molecule is OCCNC1COc2cc(O)ccc21. The second-order valence-corrected chi connectivity index (χ2v) is 3.26. The van der Waals surface area contributed by atoms with E-state index < -0.39 is 0 Å². The van der Waals surface area contributed by atoms with Gasteiger partial charge in [0, 0.05) is 18.2 Å². The van der Waals surface area contributed by atoms with Gasteiger partial charge in [-0.2, -0.15) is 0 Å². The molecule has 0 saturated heterocycles. The first-order chi connectivity index (χ1) is 6.81. The maximum absolute atomic E-state index is 9.22. The Morgan fingerprint density at radius 3 is 3.14 bits per heavy atom. The number of phenolic OH excluding ortho intramolecular Hbond substituents is 1. The Hall–Kier alpha value is -1.26. The van der Waals surface area contributed by atoms with Crippen molar-refractivity contribution >= 4 is 0 Å². The molecule has 1 aromatic carbocycles. The van der Waals surface area contributed by atoms with E-state index in [-0.39, 0.29) is 18.4 Å². The minimum Gasteiger partial charge on any atom is -0.508 e. The van der Waals surface area contributed by atoms with Crippen LogP contribution in [-0.2, 0) is 0 Å². The monoisotopic (exact) mass is 195 g/mol. The van der Waals surface area contributed by atoms with Crippen LogP contribution in [0.15, 0.2) is 18.2 Å². The molecule has 1 aliphatic rings. The van der Waals surface area contributed by atoms with E-state index in [1.165, 1.54) is 0 Å². The molecule has 0 amide bonds. The summed E-state index contributed by atoms with van der Waals surface area (Å²) in [5.74, 6) is 0.937. The molecule has 14 heavy (non-hydrogen) atoms. The number of benzene rings is 1. The highest BCUT2D eigenvalue weighted by molar-refractivity contribution is 5.44. The van der Waals surface area contributed by atoms with Crippen molar-refractivity contribution in [3.8, 4) is 11.5 Å².